The summed E-state index contributed by atoms with van der Waals surface area (Å²) in [5.41, 5.74) is 3.54. The quantitative estimate of drug-likeness (QED) is 0.167. The summed E-state index contributed by atoms with van der Waals surface area (Å²) in [6.07, 6.45) is 4.05. The molecule has 10 heteroatoms. The van der Waals surface area contributed by atoms with Crippen molar-refractivity contribution in [2.75, 3.05) is 10.8 Å². The molecule has 1 aliphatic rings. The van der Waals surface area contributed by atoms with Gasteiger partial charge in [-0.05, 0) is 79.3 Å². The second-order valence-corrected chi connectivity index (χ2v) is 14.7. The van der Waals surface area contributed by atoms with Crippen LogP contribution in [0.4, 0.5) is 5.69 Å². The van der Waals surface area contributed by atoms with Gasteiger partial charge >= 0.3 is 0 Å². The molecule has 0 unspecified atom stereocenters. The van der Waals surface area contributed by atoms with E-state index in [0.29, 0.717) is 21.3 Å². The van der Waals surface area contributed by atoms with E-state index in [2.05, 4.69) is 5.32 Å². The average Bonchev–Trinajstić information content (AvgIpc) is 3.58. The number of nitrogens with zero attached hydrogens (tertiary/aromatic N) is 2. The summed E-state index contributed by atoms with van der Waals surface area (Å²) in [7, 11) is -4.18. The zero-order valence-electron chi connectivity index (χ0n) is 26.5. The van der Waals surface area contributed by atoms with Crippen LogP contribution >= 0.6 is 23.2 Å². The Bertz CT molecular complexity index is 1810. The van der Waals surface area contributed by atoms with E-state index in [0.717, 1.165) is 46.7 Å². The Labute approximate surface area is 287 Å². The summed E-state index contributed by atoms with van der Waals surface area (Å²) in [6, 6.07) is 27.1. The Morgan fingerprint density at radius 1 is 0.830 bits per heavy atom. The average molecular weight is 693 g/mol. The highest BCUT2D eigenvalue weighted by atomic mass is 35.5. The summed E-state index contributed by atoms with van der Waals surface area (Å²) in [4.78, 5) is 30.4. The van der Waals surface area contributed by atoms with Gasteiger partial charge in [-0.3, -0.25) is 13.9 Å². The third-order valence-corrected chi connectivity index (χ3v) is 11.3. The summed E-state index contributed by atoms with van der Waals surface area (Å²) in [5, 5.41) is 3.87. The van der Waals surface area contributed by atoms with E-state index in [9.17, 15) is 18.0 Å². The first-order valence-electron chi connectivity index (χ1n) is 15.8. The molecule has 0 radical (unpaired) electrons. The number of carbonyl (C=O) groups is 2. The molecule has 1 N–H and O–H groups in total. The molecule has 0 heterocycles. The first kappa shape index (κ1) is 34.5. The molecule has 1 atom stereocenters. The molecule has 7 nitrogen and oxygen atoms in total. The largest absolute Gasteiger partial charge is 0.352 e. The zero-order chi connectivity index (χ0) is 33.6. The lowest BCUT2D eigenvalue weighted by Crippen LogP contribution is -2.54. The van der Waals surface area contributed by atoms with Crippen LogP contribution in [0.25, 0.3) is 0 Å². The van der Waals surface area contributed by atoms with E-state index in [1.165, 1.54) is 17.0 Å². The van der Waals surface area contributed by atoms with Gasteiger partial charge in [-0.15, -0.1) is 0 Å². The number of amides is 2. The Morgan fingerprint density at radius 3 is 2.15 bits per heavy atom. The fourth-order valence-electron chi connectivity index (χ4n) is 5.99. The number of rotatable bonds is 12. The topological polar surface area (TPSA) is 86.8 Å². The van der Waals surface area contributed by atoms with Crippen LogP contribution in [0.2, 0.25) is 10.0 Å². The van der Waals surface area contributed by atoms with Gasteiger partial charge in [0.2, 0.25) is 11.8 Å². The lowest BCUT2D eigenvalue weighted by molar-refractivity contribution is -0.140. The number of aryl methyl sites for hydroxylation is 1. The van der Waals surface area contributed by atoms with Crippen molar-refractivity contribution in [1.82, 2.24) is 10.2 Å². The number of carbonyl (C=O) groups excluding carboxylic acids is 2. The van der Waals surface area contributed by atoms with Crippen LogP contribution in [0, 0.1) is 13.8 Å². The van der Waals surface area contributed by atoms with Gasteiger partial charge in [-0.25, -0.2) is 8.42 Å². The van der Waals surface area contributed by atoms with Gasteiger partial charge in [-0.1, -0.05) is 103 Å². The highest BCUT2D eigenvalue weighted by Crippen LogP contribution is 2.30. The minimum Gasteiger partial charge on any atom is -0.352 e. The molecule has 1 saturated carbocycles. The molecule has 0 aliphatic heterocycles. The molecular formula is C37H39Cl2N3O4S. The molecule has 246 valence electrons. The molecule has 4 aromatic rings. The standard InChI is InChI=1S/C37H39Cl2N3O4S/c1-26-12-11-19-34(27(26)2)42(47(45,46)31-17-7-4-8-18-31)25-36(43)41(24-29-20-21-32(38)33(39)22-29)35(23-28-13-5-3-6-14-28)37(44)40-30-15-9-10-16-30/h3-8,11-14,17-22,30,35H,9-10,15-16,23-25H2,1-2H3,(H,40,44)/t35-/m1/s1. The van der Waals surface area contributed by atoms with Gasteiger partial charge in [-0.2, -0.15) is 0 Å². The second-order valence-electron chi connectivity index (χ2n) is 12.0. The van der Waals surface area contributed by atoms with Crippen LogP contribution in [0.3, 0.4) is 0 Å². The fraction of sp³-hybridized carbons (Fsp3) is 0.297. The van der Waals surface area contributed by atoms with E-state index in [4.69, 9.17) is 23.2 Å². The molecule has 47 heavy (non-hydrogen) atoms. The van der Waals surface area contributed by atoms with Crippen LogP contribution < -0.4 is 9.62 Å². The van der Waals surface area contributed by atoms with Gasteiger partial charge in [0.05, 0.1) is 20.6 Å². The van der Waals surface area contributed by atoms with Crippen molar-refractivity contribution in [3.63, 3.8) is 0 Å². The first-order valence-corrected chi connectivity index (χ1v) is 18.0. The van der Waals surface area contributed by atoms with E-state index in [-0.39, 0.29) is 29.8 Å². The molecule has 2 amide bonds. The summed E-state index contributed by atoms with van der Waals surface area (Å²) >= 11 is 12.6. The number of anilines is 1. The molecular weight excluding hydrogens is 653 g/mol. The van der Waals surface area contributed by atoms with E-state index < -0.39 is 28.5 Å². The maximum absolute atomic E-state index is 14.7. The normalized spacial score (nSPS) is 14.0. The van der Waals surface area contributed by atoms with Gasteiger partial charge in [0, 0.05) is 19.0 Å². The maximum atomic E-state index is 14.7. The predicted molar refractivity (Wildman–Crippen MR) is 188 cm³/mol. The molecule has 0 bridgehead atoms. The molecule has 0 spiro atoms. The number of sulfonamides is 1. The fourth-order valence-corrected chi connectivity index (χ4v) is 7.81. The minimum absolute atomic E-state index is 0.0112. The third kappa shape index (κ3) is 8.36. The highest BCUT2D eigenvalue weighted by Gasteiger charge is 2.36. The molecule has 0 aromatic heterocycles. The Hall–Kier alpha value is -3.85. The van der Waals surface area contributed by atoms with Crippen LogP contribution in [-0.4, -0.2) is 43.8 Å². The van der Waals surface area contributed by atoms with E-state index >= 15 is 0 Å². The summed E-state index contributed by atoms with van der Waals surface area (Å²) < 4.78 is 29.7. The smallest absolute Gasteiger partial charge is 0.264 e. The number of benzene rings is 4. The van der Waals surface area contributed by atoms with Crippen LogP contribution in [0.1, 0.15) is 47.9 Å². The Morgan fingerprint density at radius 2 is 1.49 bits per heavy atom. The molecule has 0 saturated heterocycles. The van der Waals surface area contributed by atoms with Crippen molar-refractivity contribution in [3.8, 4) is 0 Å². The minimum atomic E-state index is -4.18. The number of halogens is 2. The summed E-state index contributed by atoms with van der Waals surface area (Å²) in [6.45, 7) is 3.22. The van der Waals surface area contributed by atoms with Crippen molar-refractivity contribution in [2.45, 2.75) is 69.5 Å². The van der Waals surface area contributed by atoms with Crippen molar-refractivity contribution in [1.29, 1.82) is 0 Å². The number of hydrogen-bond acceptors (Lipinski definition) is 4. The van der Waals surface area contributed by atoms with Crippen molar-refractivity contribution < 1.29 is 18.0 Å². The molecule has 5 rings (SSSR count). The van der Waals surface area contributed by atoms with Crippen LogP contribution in [0.15, 0.2) is 102 Å². The van der Waals surface area contributed by atoms with Gasteiger partial charge < -0.3 is 10.2 Å². The van der Waals surface area contributed by atoms with Crippen LogP contribution in [-0.2, 0) is 32.6 Å². The number of nitrogens with one attached hydrogen (secondary N) is 1. The maximum Gasteiger partial charge on any atom is 0.264 e. The Balaban J connectivity index is 1.60. The van der Waals surface area contributed by atoms with Gasteiger partial charge in [0.25, 0.3) is 10.0 Å². The van der Waals surface area contributed by atoms with Crippen molar-refractivity contribution >= 4 is 50.7 Å². The molecule has 4 aromatic carbocycles. The first-order chi connectivity index (χ1) is 22.5. The van der Waals surface area contributed by atoms with Crippen molar-refractivity contribution in [3.05, 3.63) is 129 Å². The van der Waals surface area contributed by atoms with Crippen molar-refractivity contribution in [2.24, 2.45) is 0 Å². The number of hydrogen-bond donors (Lipinski definition) is 1. The summed E-state index contributed by atoms with van der Waals surface area (Å²) in [5.74, 6) is -0.808. The van der Waals surface area contributed by atoms with E-state index in [1.807, 2.05) is 50.2 Å². The van der Waals surface area contributed by atoms with E-state index in [1.54, 1.807) is 48.5 Å². The molecule has 1 aliphatic carbocycles. The monoisotopic (exact) mass is 691 g/mol. The lowest BCUT2D eigenvalue weighted by Gasteiger charge is -2.35. The van der Waals surface area contributed by atoms with Gasteiger partial charge in [0.1, 0.15) is 12.6 Å². The molecule has 1 fully saturated rings. The predicted octanol–water partition coefficient (Wildman–Crippen LogP) is 7.50. The SMILES string of the molecule is Cc1cccc(N(CC(=O)N(Cc2ccc(Cl)c(Cl)c2)[C@H](Cc2ccccc2)C(=O)NC2CCCC2)S(=O)(=O)c2ccccc2)c1C. The Kier molecular flexibility index (Phi) is 11.3. The zero-order valence-corrected chi connectivity index (χ0v) is 28.9. The van der Waals surface area contributed by atoms with Crippen LogP contribution in [0.5, 0.6) is 0 Å². The van der Waals surface area contributed by atoms with Gasteiger partial charge in [0.15, 0.2) is 0 Å². The highest BCUT2D eigenvalue weighted by molar-refractivity contribution is 7.92. The lowest BCUT2D eigenvalue weighted by atomic mass is 10.0. The third-order valence-electron chi connectivity index (χ3n) is 8.76. The second kappa shape index (κ2) is 15.4.